The van der Waals surface area contributed by atoms with Gasteiger partial charge in [-0.1, -0.05) is 42.9 Å². The first-order valence-corrected chi connectivity index (χ1v) is 15.2. The van der Waals surface area contributed by atoms with Crippen LogP contribution < -0.4 is 20.3 Å². The maximum absolute atomic E-state index is 12.9. The summed E-state index contributed by atoms with van der Waals surface area (Å²) in [6.45, 7) is 7.00. The van der Waals surface area contributed by atoms with Crippen molar-refractivity contribution in [1.82, 2.24) is 24.7 Å². The number of nitrogens with zero attached hydrogens (tertiary/aromatic N) is 6. The summed E-state index contributed by atoms with van der Waals surface area (Å²) in [4.78, 5) is 40.5. The van der Waals surface area contributed by atoms with E-state index in [1.807, 2.05) is 61.5 Å². The Kier molecular flexibility index (Phi) is 8.33. The molecule has 3 amide bonds. The number of amides is 3. The second kappa shape index (κ2) is 12.6. The normalized spacial score (nSPS) is 13.0. The summed E-state index contributed by atoms with van der Waals surface area (Å²) in [5.41, 5.74) is 4.27. The van der Waals surface area contributed by atoms with Crippen molar-refractivity contribution in [3.05, 3.63) is 84.4 Å². The Morgan fingerprint density at radius 3 is 2.43 bits per heavy atom. The van der Waals surface area contributed by atoms with Crippen LogP contribution in [0.5, 0.6) is 11.8 Å². The molecule has 0 radical (unpaired) electrons. The number of benzene rings is 2. The number of hydrogen-bond donors (Lipinski definition) is 2. The van der Waals surface area contributed by atoms with E-state index in [1.54, 1.807) is 15.8 Å². The lowest BCUT2D eigenvalue weighted by molar-refractivity contribution is -0.117. The summed E-state index contributed by atoms with van der Waals surface area (Å²) in [6, 6.07) is 17.0. The molecule has 4 heterocycles. The van der Waals surface area contributed by atoms with Gasteiger partial charge in [-0.3, -0.25) is 15.0 Å². The second-order valence-electron chi connectivity index (χ2n) is 11.0. The molecule has 1 fully saturated rings. The quantitative estimate of drug-likeness (QED) is 0.187. The molecule has 0 aliphatic carbocycles. The summed E-state index contributed by atoms with van der Waals surface area (Å²) in [5, 5.41) is 11.1. The molecule has 1 aliphatic rings. The fourth-order valence-corrected chi connectivity index (χ4v) is 5.76. The third-order valence-electron chi connectivity index (χ3n) is 6.93. The van der Waals surface area contributed by atoms with E-state index in [0.29, 0.717) is 29.6 Å². The van der Waals surface area contributed by atoms with Crippen LogP contribution in [0.4, 0.5) is 21.4 Å². The van der Waals surface area contributed by atoms with Crippen LogP contribution in [-0.2, 0) is 11.2 Å². The number of thiazole rings is 1. The monoisotopic (exact) mass is 608 g/mol. The summed E-state index contributed by atoms with van der Waals surface area (Å²) in [5.74, 6) is 1.67. The number of carbonyl (C=O) groups is 2. The average molecular weight is 609 g/mol. The fourth-order valence-electron chi connectivity index (χ4n) is 4.80. The van der Waals surface area contributed by atoms with Gasteiger partial charge in [0.05, 0.1) is 34.3 Å². The molecule has 0 spiro atoms. The molecule has 6 rings (SSSR count). The molecule has 5 aromatic rings. The number of anilines is 3. The fraction of sp³-hybridized carbons (Fsp3) is 0.250. The maximum Gasteiger partial charge on any atom is 0.324 e. The molecular weight excluding hydrogens is 576 g/mol. The van der Waals surface area contributed by atoms with E-state index in [1.165, 1.54) is 23.7 Å². The molecule has 0 bridgehead atoms. The highest BCUT2D eigenvalue weighted by molar-refractivity contribution is 7.19. The molecule has 12 heteroatoms. The summed E-state index contributed by atoms with van der Waals surface area (Å²) < 4.78 is 7.54. The highest BCUT2D eigenvalue weighted by atomic mass is 32.1. The van der Waals surface area contributed by atoms with Crippen molar-refractivity contribution >= 4 is 39.9 Å². The third-order valence-corrected chi connectivity index (χ3v) is 8.00. The van der Waals surface area contributed by atoms with E-state index in [9.17, 15) is 9.59 Å². The lowest BCUT2D eigenvalue weighted by atomic mass is 10.1. The first-order valence-electron chi connectivity index (χ1n) is 14.4. The summed E-state index contributed by atoms with van der Waals surface area (Å²) >= 11 is 1.49. The van der Waals surface area contributed by atoms with Gasteiger partial charge in [0, 0.05) is 25.2 Å². The van der Waals surface area contributed by atoms with Crippen LogP contribution in [0.15, 0.2) is 73.2 Å². The minimum atomic E-state index is -0.442. The van der Waals surface area contributed by atoms with Crippen molar-refractivity contribution in [3.8, 4) is 27.9 Å². The van der Waals surface area contributed by atoms with Crippen molar-refractivity contribution in [2.75, 3.05) is 22.1 Å². The summed E-state index contributed by atoms with van der Waals surface area (Å²) in [7, 11) is 0. The van der Waals surface area contributed by atoms with E-state index in [2.05, 4.69) is 39.4 Å². The van der Waals surface area contributed by atoms with Gasteiger partial charge in [-0.05, 0) is 67.6 Å². The lowest BCUT2D eigenvalue weighted by Crippen LogP contribution is -2.23. The van der Waals surface area contributed by atoms with E-state index >= 15 is 0 Å². The highest BCUT2D eigenvalue weighted by Crippen LogP contribution is 2.34. The lowest BCUT2D eigenvalue weighted by Gasteiger charge is -2.10. The number of ether oxygens (including phenoxy) is 1. The van der Waals surface area contributed by atoms with E-state index in [4.69, 9.17) is 9.84 Å². The average Bonchev–Trinajstić information content (AvgIpc) is 3.75. The van der Waals surface area contributed by atoms with Crippen LogP contribution >= 0.6 is 11.3 Å². The van der Waals surface area contributed by atoms with Gasteiger partial charge in [-0.15, -0.1) is 0 Å². The van der Waals surface area contributed by atoms with E-state index in [0.717, 1.165) is 51.9 Å². The van der Waals surface area contributed by atoms with E-state index in [-0.39, 0.29) is 11.9 Å². The number of aryl methyl sites for hydroxylation is 1. The molecule has 0 atom stereocenters. The van der Waals surface area contributed by atoms with Crippen LogP contribution in [0.2, 0.25) is 0 Å². The van der Waals surface area contributed by atoms with Crippen molar-refractivity contribution in [3.63, 3.8) is 0 Å². The zero-order chi connectivity index (χ0) is 30.6. The summed E-state index contributed by atoms with van der Waals surface area (Å²) in [6.07, 6.45) is 6.99. The Morgan fingerprint density at radius 2 is 1.75 bits per heavy atom. The van der Waals surface area contributed by atoms with Crippen LogP contribution in [0.25, 0.3) is 16.1 Å². The molecule has 0 saturated carbocycles. The number of carbonyl (C=O) groups excluding carboxylic acids is 2. The van der Waals surface area contributed by atoms with Crippen molar-refractivity contribution in [2.24, 2.45) is 5.92 Å². The van der Waals surface area contributed by atoms with Gasteiger partial charge in [0.1, 0.15) is 11.6 Å². The molecule has 1 saturated heterocycles. The van der Waals surface area contributed by atoms with Crippen LogP contribution in [-0.4, -0.2) is 43.2 Å². The second-order valence-corrected chi connectivity index (χ2v) is 12.0. The van der Waals surface area contributed by atoms with Gasteiger partial charge in [-0.2, -0.15) is 5.10 Å². The zero-order valence-corrected chi connectivity index (χ0v) is 25.5. The standard InChI is InChI=1S/C32H32N8O3S/c1-20(2)15-23-16-28(40(38-23)25-10-6-21(3)7-11-25)37-30(42)36-24-17-33-31(34-18-24)43-26-12-8-22(9-13-26)27-19-35-32(44-27)39-14-4-5-29(39)41/h6-13,16-20H,4-5,14-15H2,1-3H3,(H2,36,37,42). The molecule has 44 heavy (non-hydrogen) atoms. The maximum atomic E-state index is 12.9. The Bertz CT molecular complexity index is 1760. The molecule has 0 unspecified atom stereocenters. The Labute approximate surface area is 259 Å². The van der Waals surface area contributed by atoms with Crippen LogP contribution in [0.1, 0.15) is 37.9 Å². The molecule has 2 N–H and O–H groups in total. The predicted octanol–water partition coefficient (Wildman–Crippen LogP) is 6.86. The van der Waals surface area contributed by atoms with Crippen molar-refractivity contribution < 1.29 is 14.3 Å². The number of aromatic nitrogens is 5. The van der Waals surface area contributed by atoms with Gasteiger partial charge in [0.2, 0.25) is 5.91 Å². The third kappa shape index (κ3) is 6.76. The number of urea groups is 1. The molecule has 3 aromatic heterocycles. The smallest absolute Gasteiger partial charge is 0.324 e. The van der Waals surface area contributed by atoms with Gasteiger partial charge in [-0.25, -0.2) is 24.4 Å². The van der Waals surface area contributed by atoms with Gasteiger partial charge < -0.3 is 10.1 Å². The predicted molar refractivity (Wildman–Crippen MR) is 171 cm³/mol. The number of nitrogens with one attached hydrogen (secondary N) is 2. The minimum Gasteiger partial charge on any atom is -0.424 e. The van der Waals surface area contributed by atoms with Gasteiger partial charge >= 0.3 is 12.0 Å². The van der Waals surface area contributed by atoms with Crippen LogP contribution in [0.3, 0.4) is 0 Å². The largest absolute Gasteiger partial charge is 0.424 e. The highest BCUT2D eigenvalue weighted by Gasteiger charge is 2.24. The van der Waals surface area contributed by atoms with Crippen molar-refractivity contribution in [2.45, 2.75) is 40.0 Å². The van der Waals surface area contributed by atoms with E-state index < -0.39 is 6.03 Å². The Hall–Kier alpha value is -5.10. The molecular formula is C32H32N8O3S. The topological polar surface area (TPSA) is 127 Å². The van der Waals surface area contributed by atoms with Gasteiger partial charge in [0.25, 0.3) is 0 Å². The molecule has 224 valence electrons. The van der Waals surface area contributed by atoms with Gasteiger partial charge in [0.15, 0.2) is 5.13 Å². The number of rotatable bonds is 9. The minimum absolute atomic E-state index is 0.123. The Morgan fingerprint density at radius 1 is 1.00 bits per heavy atom. The first kappa shape index (κ1) is 29.0. The van der Waals surface area contributed by atoms with Crippen molar-refractivity contribution in [1.29, 1.82) is 0 Å². The Balaban J connectivity index is 1.07. The molecule has 2 aromatic carbocycles. The first-order chi connectivity index (χ1) is 21.3. The molecule has 1 aliphatic heterocycles. The zero-order valence-electron chi connectivity index (χ0n) is 24.7. The van der Waals surface area contributed by atoms with Crippen LogP contribution in [0, 0.1) is 12.8 Å². The SMILES string of the molecule is Cc1ccc(-n2nc(CC(C)C)cc2NC(=O)Nc2cnc(Oc3ccc(-c4cnc(N5CCCC5=O)s4)cc3)nc2)cc1. The molecule has 11 nitrogen and oxygen atoms in total. The number of hydrogen-bond acceptors (Lipinski definition) is 8.